The van der Waals surface area contributed by atoms with Gasteiger partial charge in [0.05, 0.1) is 12.1 Å². The summed E-state index contributed by atoms with van der Waals surface area (Å²) in [4.78, 5) is 36.0. The Bertz CT molecular complexity index is 761. The van der Waals surface area contributed by atoms with E-state index in [1.807, 2.05) is 23.3 Å². The van der Waals surface area contributed by atoms with Crippen molar-refractivity contribution >= 4 is 27.5 Å². The molecule has 1 atom stereocenters. The van der Waals surface area contributed by atoms with Crippen LogP contribution in [-0.4, -0.2) is 51.9 Å². The van der Waals surface area contributed by atoms with Crippen molar-refractivity contribution in [3.63, 3.8) is 0 Å². The number of piperazine rings is 1. The molecule has 6 nitrogen and oxygen atoms in total. The SMILES string of the molecule is CCCC(C)C(=O)N1CCN(Cc2nc3ccsc3c(=O)[nH]2)CC1. The molecular weight excluding hydrogens is 324 g/mol. The monoisotopic (exact) mass is 348 g/mol. The molecule has 1 fully saturated rings. The number of hydrogen-bond acceptors (Lipinski definition) is 5. The molecule has 0 saturated carbocycles. The van der Waals surface area contributed by atoms with E-state index >= 15 is 0 Å². The first-order chi connectivity index (χ1) is 11.6. The summed E-state index contributed by atoms with van der Waals surface area (Å²) in [5.41, 5.74) is 0.702. The smallest absolute Gasteiger partial charge is 0.268 e. The molecule has 1 aliphatic rings. The molecule has 130 valence electrons. The summed E-state index contributed by atoms with van der Waals surface area (Å²) in [6, 6.07) is 1.88. The first-order valence-corrected chi connectivity index (χ1v) is 9.44. The Hall–Kier alpha value is -1.73. The van der Waals surface area contributed by atoms with Gasteiger partial charge in [0.1, 0.15) is 10.5 Å². The van der Waals surface area contributed by atoms with E-state index in [0.29, 0.717) is 17.1 Å². The van der Waals surface area contributed by atoms with Gasteiger partial charge in [0.25, 0.3) is 5.56 Å². The van der Waals surface area contributed by atoms with Gasteiger partial charge in [0.2, 0.25) is 5.91 Å². The van der Waals surface area contributed by atoms with Crippen LogP contribution in [0.25, 0.3) is 10.2 Å². The number of nitrogens with one attached hydrogen (secondary N) is 1. The maximum absolute atomic E-state index is 12.4. The van der Waals surface area contributed by atoms with Crippen LogP contribution in [0.2, 0.25) is 0 Å². The van der Waals surface area contributed by atoms with Crippen molar-refractivity contribution < 1.29 is 4.79 Å². The van der Waals surface area contributed by atoms with Crippen LogP contribution in [0.1, 0.15) is 32.5 Å². The van der Waals surface area contributed by atoms with Gasteiger partial charge in [0, 0.05) is 32.1 Å². The highest BCUT2D eigenvalue weighted by Crippen LogP contribution is 2.15. The van der Waals surface area contributed by atoms with Crippen molar-refractivity contribution in [1.82, 2.24) is 19.8 Å². The molecule has 1 aliphatic heterocycles. The van der Waals surface area contributed by atoms with Crippen molar-refractivity contribution in [3.8, 4) is 0 Å². The Labute approximate surface area is 145 Å². The van der Waals surface area contributed by atoms with E-state index in [-0.39, 0.29) is 17.4 Å². The van der Waals surface area contributed by atoms with E-state index in [4.69, 9.17) is 0 Å². The zero-order valence-corrected chi connectivity index (χ0v) is 15.1. The molecule has 7 heteroatoms. The van der Waals surface area contributed by atoms with Gasteiger partial charge in [-0.3, -0.25) is 14.5 Å². The lowest BCUT2D eigenvalue weighted by Crippen LogP contribution is -2.49. The number of thiophene rings is 1. The van der Waals surface area contributed by atoms with Crippen molar-refractivity contribution in [3.05, 3.63) is 27.6 Å². The lowest BCUT2D eigenvalue weighted by Gasteiger charge is -2.35. The summed E-state index contributed by atoms with van der Waals surface area (Å²) in [6.45, 7) is 7.87. The highest BCUT2D eigenvalue weighted by molar-refractivity contribution is 7.17. The second kappa shape index (κ2) is 7.44. The molecule has 1 N–H and O–H groups in total. The fourth-order valence-electron chi connectivity index (χ4n) is 3.20. The minimum absolute atomic E-state index is 0.0628. The fourth-order valence-corrected chi connectivity index (χ4v) is 3.93. The lowest BCUT2D eigenvalue weighted by molar-refractivity contribution is -0.137. The first-order valence-electron chi connectivity index (χ1n) is 8.56. The highest BCUT2D eigenvalue weighted by atomic mass is 32.1. The van der Waals surface area contributed by atoms with E-state index < -0.39 is 0 Å². The molecule has 0 bridgehead atoms. The van der Waals surface area contributed by atoms with E-state index in [2.05, 4.69) is 21.8 Å². The van der Waals surface area contributed by atoms with Crippen LogP contribution < -0.4 is 5.56 Å². The van der Waals surface area contributed by atoms with Crippen molar-refractivity contribution in [2.24, 2.45) is 5.92 Å². The predicted octanol–water partition coefficient (Wildman–Crippen LogP) is 2.06. The molecule has 1 saturated heterocycles. The van der Waals surface area contributed by atoms with E-state index in [1.54, 1.807) is 0 Å². The van der Waals surface area contributed by atoms with Crippen molar-refractivity contribution in [2.75, 3.05) is 26.2 Å². The van der Waals surface area contributed by atoms with Gasteiger partial charge in [-0.15, -0.1) is 11.3 Å². The fraction of sp³-hybridized carbons (Fsp3) is 0.588. The largest absolute Gasteiger partial charge is 0.340 e. The summed E-state index contributed by atoms with van der Waals surface area (Å²) in [5.74, 6) is 1.08. The van der Waals surface area contributed by atoms with Crippen LogP contribution in [0.4, 0.5) is 0 Å². The number of aromatic nitrogens is 2. The molecule has 3 rings (SSSR count). The highest BCUT2D eigenvalue weighted by Gasteiger charge is 2.24. The number of hydrogen-bond donors (Lipinski definition) is 1. The summed E-state index contributed by atoms with van der Waals surface area (Å²) in [7, 11) is 0. The molecule has 0 radical (unpaired) electrons. The average molecular weight is 348 g/mol. The second-order valence-electron chi connectivity index (χ2n) is 6.44. The number of amides is 1. The van der Waals surface area contributed by atoms with Crippen molar-refractivity contribution in [2.45, 2.75) is 33.2 Å². The molecule has 2 aromatic rings. The summed E-state index contributed by atoms with van der Waals surface area (Å²) in [6.07, 6.45) is 1.99. The molecule has 3 heterocycles. The number of carbonyl (C=O) groups is 1. The first kappa shape index (κ1) is 17.1. The number of fused-ring (bicyclic) bond motifs is 1. The van der Waals surface area contributed by atoms with Gasteiger partial charge in [0.15, 0.2) is 0 Å². The minimum Gasteiger partial charge on any atom is -0.340 e. The molecule has 0 spiro atoms. The van der Waals surface area contributed by atoms with E-state index in [9.17, 15) is 9.59 Å². The Kier molecular flexibility index (Phi) is 5.30. The number of aromatic amines is 1. The third-order valence-corrected chi connectivity index (χ3v) is 5.47. The molecule has 0 aliphatic carbocycles. The summed E-state index contributed by atoms with van der Waals surface area (Å²) < 4.78 is 0.680. The third-order valence-electron chi connectivity index (χ3n) is 4.56. The molecule has 0 aromatic carbocycles. The number of H-pyrrole nitrogens is 1. The third kappa shape index (κ3) is 3.67. The van der Waals surface area contributed by atoms with Gasteiger partial charge >= 0.3 is 0 Å². The van der Waals surface area contributed by atoms with Crippen LogP contribution in [0.5, 0.6) is 0 Å². The van der Waals surface area contributed by atoms with Gasteiger partial charge in [-0.25, -0.2) is 4.98 Å². The molecular formula is C17H24N4O2S. The Morgan fingerprint density at radius 3 is 2.83 bits per heavy atom. The maximum atomic E-state index is 12.4. The van der Waals surface area contributed by atoms with Crippen LogP contribution in [0.3, 0.4) is 0 Å². The van der Waals surface area contributed by atoms with Crippen LogP contribution in [-0.2, 0) is 11.3 Å². The molecule has 24 heavy (non-hydrogen) atoms. The predicted molar refractivity (Wildman–Crippen MR) is 96.2 cm³/mol. The van der Waals surface area contributed by atoms with Gasteiger partial charge < -0.3 is 9.88 Å². The normalized spacial score (nSPS) is 17.3. The second-order valence-corrected chi connectivity index (χ2v) is 7.35. The van der Waals surface area contributed by atoms with E-state index in [0.717, 1.165) is 44.5 Å². The lowest BCUT2D eigenvalue weighted by atomic mass is 10.0. The number of nitrogens with zero attached hydrogens (tertiary/aromatic N) is 3. The minimum atomic E-state index is -0.0628. The zero-order valence-electron chi connectivity index (χ0n) is 14.2. The standard InChI is InChI=1S/C17H24N4O2S/c1-3-4-12(2)17(23)21-8-6-20(7-9-21)11-14-18-13-5-10-24-15(13)16(22)19-14/h5,10,12H,3-4,6-9,11H2,1-2H3,(H,18,19,22). The summed E-state index contributed by atoms with van der Waals surface area (Å²) >= 11 is 1.41. The Morgan fingerprint density at radius 1 is 1.38 bits per heavy atom. The summed E-state index contributed by atoms with van der Waals surface area (Å²) in [5, 5.41) is 1.89. The van der Waals surface area contributed by atoms with Gasteiger partial charge in [-0.05, 0) is 17.9 Å². The van der Waals surface area contributed by atoms with Gasteiger partial charge in [-0.1, -0.05) is 20.3 Å². The molecule has 2 aromatic heterocycles. The Balaban J connectivity index is 1.58. The molecule has 1 unspecified atom stereocenters. The van der Waals surface area contributed by atoms with Crippen molar-refractivity contribution in [1.29, 1.82) is 0 Å². The number of carbonyl (C=O) groups excluding carboxylic acids is 1. The van der Waals surface area contributed by atoms with E-state index in [1.165, 1.54) is 11.3 Å². The van der Waals surface area contributed by atoms with Crippen LogP contribution >= 0.6 is 11.3 Å². The quantitative estimate of drug-likeness (QED) is 0.898. The number of rotatable bonds is 5. The van der Waals surface area contributed by atoms with Gasteiger partial charge in [-0.2, -0.15) is 0 Å². The van der Waals surface area contributed by atoms with Crippen LogP contribution in [0, 0.1) is 5.92 Å². The zero-order chi connectivity index (χ0) is 17.1. The topological polar surface area (TPSA) is 69.3 Å². The van der Waals surface area contributed by atoms with Crippen LogP contribution in [0.15, 0.2) is 16.2 Å². The Morgan fingerprint density at radius 2 is 2.12 bits per heavy atom. The maximum Gasteiger partial charge on any atom is 0.268 e. The molecule has 1 amide bonds. The average Bonchev–Trinajstić information content (AvgIpc) is 3.04.